The number of carbonyl (C=O) groups is 2. The number of amides is 1. The Bertz CT molecular complexity index is 1200. The van der Waals surface area contributed by atoms with Crippen molar-refractivity contribution in [2.45, 2.75) is 19.0 Å². The number of rotatable bonds is 9. The van der Waals surface area contributed by atoms with Crippen LogP contribution in [0.15, 0.2) is 90.0 Å². The van der Waals surface area contributed by atoms with Crippen molar-refractivity contribution < 1.29 is 24.0 Å². The molecule has 3 aromatic rings. The summed E-state index contributed by atoms with van der Waals surface area (Å²) in [5.41, 5.74) is 1.02. The Hall–Kier alpha value is -3.65. The summed E-state index contributed by atoms with van der Waals surface area (Å²) in [6.45, 7) is 5.00. The Balaban J connectivity index is 1.70. The van der Waals surface area contributed by atoms with Crippen molar-refractivity contribution >= 4 is 33.4 Å². The van der Waals surface area contributed by atoms with Crippen molar-refractivity contribution in [1.82, 2.24) is 9.88 Å². The van der Waals surface area contributed by atoms with Gasteiger partial charge in [-0.25, -0.2) is 4.57 Å². The molecule has 1 aliphatic rings. The van der Waals surface area contributed by atoms with Crippen LogP contribution in [0.1, 0.15) is 23.6 Å². The summed E-state index contributed by atoms with van der Waals surface area (Å²) >= 11 is 3.36. The third-order valence-electron chi connectivity index (χ3n) is 5.62. The van der Waals surface area contributed by atoms with Crippen LogP contribution in [0, 0.1) is 0 Å². The molecular formula is C26H24BrN3O4. The van der Waals surface area contributed by atoms with Crippen LogP contribution in [-0.2, 0) is 16.1 Å². The average Bonchev–Trinajstić information content (AvgIpc) is 3.45. The molecule has 1 fully saturated rings. The summed E-state index contributed by atoms with van der Waals surface area (Å²) in [5, 5.41) is 13.4. The number of imidazole rings is 1. The lowest BCUT2D eigenvalue weighted by Crippen LogP contribution is -2.36. The van der Waals surface area contributed by atoms with Gasteiger partial charge in [0.1, 0.15) is 24.8 Å². The number of likely N-dealkylation sites (tertiary alicyclic amines) is 1. The Morgan fingerprint density at radius 1 is 1.18 bits per heavy atom. The van der Waals surface area contributed by atoms with Crippen LogP contribution >= 0.6 is 15.9 Å². The SMILES string of the molecule is C=CCOc1ccc(C2C(=C([O-])c3ccc(Br)cc3)C(=O)C(=O)N2CCC[n+]2cc[nH]c2)cc1. The van der Waals surface area contributed by atoms with E-state index in [1.54, 1.807) is 54.6 Å². The predicted octanol–water partition coefficient (Wildman–Crippen LogP) is 2.94. The first-order valence-electron chi connectivity index (χ1n) is 10.9. The lowest BCUT2D eigenvalue weighted by molar-refractivity contribution is -0.695. The molecule has 7 nitrogen and oxygen atoms in total. The molecule has 0 radical (unpaired) electrons. The Morgan fingerprint density at radius 2 is 1.91 bits per heavy atom. The number of carbonyl (C=O) groups excluding carboxylic acids is 2. The number of hydrogen-bond acceptors (Lipinski definition) is 4. The van der Waals surface area contributed by atoms with E-state index in [1.807, 2.05) is 23.3 Å². The zero-order valence-electron chi connectivity index (χ0n) is 18.4. The number of nitrogens with one attached hydrogen (secondary N) is 1. The summed E-state index contributed by atoms with van der Waals surface area (Å²) in [4.78, 5) is 30.6. The highest BCUT2D eigenvalue weighted by Crippen LogP contribution is 2.39. The molecule has 0 spiro atoms. The fraction of sp³-hybridized carbons (Fsp3) is 0.192. The molecule has 0 bridgehead atoms. The van der Waals surface area contributed by atoms with Crippen molar-refractivity contribution in [3.63, 3.8) is 0 Å². The van der Waals surface area contributed by atoms with E-state index in [1.165, 1.54) is 4.90 Å². The molecule has 2 aromatic carbocycles. The monoisotopic (exact) mass is 521 g/mol. The van der Waals surface area contributed by atoms with Gasteiger partial charge in [0.15, 0.2) is 0 Å². The molecule has 2 heterocycles. The normalized spacial score (nSPS) is 17.2. The Morgan fingerprint density at radius 3 is 2.56 bits per heavy atom. The summed E-state index contributed by atoms with van der Waals surface area (Å²) in [5.74, 6) is -1.21. The van der Waals surface area contributed by atoms with Crippen LogP contribution in [0.5, 0.6) is 5.75 Å². The maximum Gasteiger partial charge on any atom is 0.295 e. The number of ether oxygens (including phenoxy) is 1. The summed E-state index contributed by atoms with van der Waals surface area (Å²) in [7, 11) is 0. The molecule has 8 heteroatoms. The van der Waals surface area contributed by atoms with E-state index in [-0.39, 0.29) is 5.57 Å². The lowest BCUT2D eigenvalue weighted by atomic mass is 9.95. The van der Waals surface area contributed by atoms with E-state index in [9.17, 15) is 14.7 Å². The highest BCUT2D eigenvalue weighted by Gasteiger charge is 2.43. The number of nitrogens with zero attached hydrogens (tertiary/aromatic N) is 2. The van der Waals surface area contributed by atoms with Crippen molar-refractivity contribution in [2.75, 3.05) is 13.2 Å². The first-order chi connectivity index (χ1) is 16.5. The molecule has 1 aliphatic heterocycles. The standard InChI is InChI=1S/C26H24BrN3O4/c1-2-16-34-21-10-6-18(7-11-21)23-22(24(31)19-4-8-20(27)9-5-19)25(32)26(33)30(23)14-3-13-29-15-12-28-17-29/h2,4-12,15,17,23H,1,3,13-14,16H2,(H,31,32). The molecule has 1 aromatic heterocycles. The van der Waals surface area contributed by atoms with Gasteiger partial charge in [-0.05, 0) is 35.4 Å². The van der Waals surface area contributed by atoms with Gasteiger partial charge in [0.25, 0.3) is 5.91 Å². The van der Waals surface area contributed by atoms with Gasteiger partial charge in [-0.2, -0.15) is 0 Å². The second-order valence-electron chi connectivity index (χ2n) is 7.85. The third kappa shape index (κ3) is 4.97. The number of aromatic amines is 1. The summed E-state index contributed by atoms with van der Waals surface area (Å²) < 4.78 is 8.33. The number of H-pyrrole nitrogens is 1. The highest BCUT2D eigenvalue weighted by atomic mass is 79.9. The number of halogens is 1. The highest BCUT2D eigenvalue weighted by molar-refractivity contribution is 9.10. The minimum absolute atomic E-state index is 0.0265. The van der Waals surface area contributed by atoms with Crippen LogP contribution in [-0.4, -0.2) is 34.7 Å². The van der Waals surface area contributed by atoms with Crippen molar-refractivity contribution in [3.8, 4) is 5.75 Å². The Labute approximate surface area is 206 Å². The molecule has 34 heavy (non-hydrogen) atoms. The van der Waals surface area contributed by atoms with Crippen molar-refractivity contribution in [2.24, 2.45) is 0 Å². The van der Waals surface area contributed by atoms with Gasteiger partial charge in [0, 0.05) is 23.0 Å². The molecule has 1 N–H and O–H groups in total. The second-order valence-corrected chi connectivity index (χ2v) is 8.77. The molecular weight excluding hydrogens is 498 g/mol. The van der Waals surface area contributed by atoms with E-state index < -0.39 is 23.5 Å². The zero-order valence-corrected chi connectivity index (χ0v) is 20.0. The van der Waals surface area contributed by atoms with E-state index in [2.05, 4.69) is 27.5 Å². The van der Waals surface area contributed by atoms with Crippen LogP contribution < -0.4 is 14.4 Å². The third-order valence-corrected chi connectivity index (χ3v) is 6.15. The Kier molecular flexibility index (Phi) is 7.27. The first kappa shape index (κ1) is 23.5. The van der Waals surface area contributed by atoms with Crippen molar-refractivity contribution in [3.05, 3.63) is 101 Å². The molecule has 0 aliphatic carbocycles. The van der Waals surface area contributed by atoms with E-state index in [0.29, 0.717) is 43.0 Å². The fourth-order valence-corrected chi connectivity index (χ4v) is 4.25. The quantitative estimate of drug-likeness (QED) is 0.154. The van der Waals surface area contributed by atoms with Gasteiger partial charge in [0.2, 0.25) is 12.1 Å². The number of aromatic nitrogens is 2. The molecule has 1 amide bonds. The van der Waals surface area contributed by atoms with Gasteiger partial charge < -0.3 is 14.7 Å². The molecule has 1 saturated heterocycles. The predicted molar refractivity (Wildman–Crippen MR) is 128 cm³/mol. The van der Waals surface area contributed by atoms with Gasteiger partial charge in [-0.1, -0.05) is 58.6 Å². The molecule has 0 saturated carbocycles. The largest absolute Gasteiger partial charge is 0.872 e. The minimum Gasteiger partial charge on any atom is -0.872 e. The van der Waals surface area contributed by atoms with Crippen LogP contribution in [0.3, 0.4) is 0 Å². The number of ketones is 1. The maximum atomic E-state index is 13.4. The molecule has 174 valence electrons. The summed E-state index contributed by atoms with van der Waals surface area (Å²) in [6.07, 6.45) is 7.80. The lowest BCUT2D eigenvalue weighted by Gasteiger charge is -2.27. The second kappa shape index (κ2) is 10.5. The molecule has 1 atom stereocenters. The topological polar surface area (TPSA) is 89.3 Å². The van der Waals surface area contributed by atoms with E-state index in [0.717, 1.165) is 4.47 Å². The minimum atomic E-state index is -0.763. The molecule has 4 rings (SSSR count). The smallest absolute Gasteiger partial charge is 0.295 e. The number of aryl methyl sites for hydroxylation is 1. The maximum absolute atomic E-state index is 13.4. The van der Waals surface area contributed by atoms with E-state index >= 15 is 0 Å². The number of hydrogen-bond donors (Lipinski definition) is 1. The number of Topliss-reactive ketones (excluding diaryl/α,β-unsaturated/α-hetero) is 1. The van der Waals surface area contributed by atoms with Gasteiger partial charge in [-0.3, -0.25) is 14.6 Å². The van der Waals surface area contributed by atoms with Crippen molar-refractivity contribution in [1.29, 1.82) is 0 Å². The van der Waals surface area contributed by atoms with Gasteiger partial charge in [0.05, 0.1) is 12.6 Å². The first-order valence-corrected chi connectivity index (χ1v) is 11.7. The molecule has 1 unspecified atom stereocenters. The number of benzene rings is 2. The van der Waals surface area contributed by atoms with Crippen LogP contribution in [0.25, 0.3) is 5.76 Å². The van der Waals surface area contributed by atoms with Crippen LogP contribution in [0.2, 0.25) is 0 Å². The van der Waals surface area contributed by atoms with E-state index in [4.69, 9.17) is 4.74 Å². The van der Waals surface area contributed by atoms with Gasteiger partial charge >= 0.3 is 0 Å². The van der Waals surface area contributed by atoms with Crippen LogP contribution in [0.4, 0.5) is 0 Å². The zero-order chi connectivity index (χ0) is 24.1. The van der Waals surface area contributed by atoms with Gasteiger partial charge in [-0.15, -0.1) is 0 Å². The fourth-order valence-electron chi connectivity index (χ4n) is 3.99. The summed E-state index contributed by atoms with van der Waals surface area (Å²) in [6, 6.07) is 13.1. The average molecular weight is 522 g/mol.